The maximum Gasteiger partial charge on any atom is 0.316 e. The molecule has 2 bridgehead atoms. The van der Waals surface area contributed by atoms with Crippen molar-refractivity contribution in [3.63, 3.8) is 0 Å². The Hall–Kier alpha value is -1.38. The van der Waals surface area contributed by atoms with Gasteiger partial charge in [0.15, 0.2) is 0 Å². The van der Waals surface area contributed by atoms with E-state index in [1.165, 1.54) is 6.07 Å². The molecule has 2 atom stereocenters. The Kier molecular flexibility index (Phi) is 1.88. The lowest BCUT2D eigenvalue weighted by Crippen LogP contribution is -2.32. The van der Waals surface area contributed by atoms with Crippen LogP contribution in [0.1, 0.15) is 30.4 Å². The van der Waals surface area contributed by atoms with Gasteiger partial charge < -0.3 is 4.74 Å². The molecule has 0 spiro atoms. The van der Waals surface area contributed by atoms with Crippen LogP contribution in [0.5, 0.6) is 0 Å². The molecular formula is C13H13FO2. The van der Waals surface area contributed by atoms with Crippen LogP contribution in [0.15, 0.2) is 18.2 Å². The van der Waals surface area contributed by atoms with Gasteiger partial charge in [-0.2, -0.15) is 0 Å². The van der Waals surface area contributed by atoms with E-state index in [4.69, 9.17) is 4.74 Å². The molecule has 0 amide bonds. The smallest absolute Gasteiger partial charge is 0.316 e. The molecule has 2 fully saturated rings. The molecule has 1 aromatic rings. The van der Waals surface area contributed by atoms with E-state index in [-0.39, 0.29) is 17.9 Å². The van der Waals surface area contributed by atoms with Gasteiger partial charge >= 0.3 is 5.97 Å². The summed E-state index contributed by atoms with van der Waals surface area (Å²) in [5.74, 6) is -0.410. The zero-order valence-electron chi connectivity index (χ0n) is 9.13. The van der Waals surface area contributed by atoms with Gasteiger partial charge in [-0.1, -0.05) is 12.1 Å². The molecule has 2 unspecified atom stereocenters. The van der Waals surface area contributed by atoms with Crippen LogP contribution in [0.2, 0.25) is 0 Å². The highest BCUT2D eigenvalue weighted by Gasteiger charge is 2.55. The molecule has 2 nitrogen and oxygen atoms in total. The van der Waals surface area contributed by atoms with Crippen LogP contribution >= 0.6 is 0 Å². The molecule has 84 valence electrons. The van der Waals surface area contributed by atoms with E-state index in [0.717, 1.165) is 24.8 Å². The number of hydrogen-bond acceptors (Lipinski definition) is 2. The second-order valence-electron chi connectivity index (χ2n) is 4.76. The highest BCUT2D eigenvalue weighted by atomic mass is 19.1. The van der Waals surface area contributed by atoms with Crippen molar-refractivity contribution in [1.82, 2.24) is 0 Å². The molecule has 0 radical (unpaired) electrons. The molecule has 16 heavy (non-hydrogen) atoms. The Morgan fingerprint density at radius 1 is 1.50 bits per heavy atom. The van der Waals surface area contributed by atoms with Crippen molar-refractivity contribution in [2.45, 2.75) is 37.7 Å². The summed E-state index contributed by atoms with van der Waals surface area (Å²) in [7, 11) is 0. The number of rotatable bonds is 1. The van der Waals surface area contributed by atoms with E-state index in [1.54, 1.807) is 13.0 Å². The summed E-state index contributed by atoms with van der Waals surface area (Å²) >= 11 is 0. The third kappa shape index (κ3) is 1.09. The number of benzene rings is 1. The van der Waals surface area contributed by atoms with Gasteiger partial charge in [-0.25, -0.2) is 4.39 Å². The molecule has 1 aliphatic heterocycles. The largest absolute Gasteiger partial charge is 0.462 e. The van der Waals surface area contributed by atoms with Gasteiger partial charge in [0.1, 0.15) is 11.9 Å². The van der Waals surface area contributed by atoms with Gasteiger partial charge in [0, 0.05) is 6.42 Å². The van der Waals surface area contributed by atoms with Crippen LogP contribution in [-0.4, -0.2) is 12.1 Å². The predicted octanol–water partition coefficient (Wildman–Crippen LogP) is 2.48. The Labute approximate surface area is 93.4 Å². The Morgan fingerprint density at radius 3 is 2.94 bits per heavy atom. The quantitative estimate of drug-likeness (QED) is 0.680. The van der Waals surface area contributed by atoms with Gasteiger partial charge in [-0.3, -0.25) is 4.79 Å². The minimum atomic E-state index is -0.559. The van der Waals surface area contributed by atoms with Crippen LogP contribution in [-0.2, 0) is 14.9 Å². The fourth-order valence-electron chi connectivity index (χ4n) is 3.03. The van der Waals surface area contributed by atoms with Crippen molar-refractivity contribution < 1.29 is 13.9 Å². The first-order chi connectivity index (χ1) is 7.63. The number of halogens is 1. The normalized spacial score (nSPS) is 31.9. The summed E-state index contributed by atoms with van der Waals surface area (Å²) in [4.78, 5) is 11.9. The Morgan fingerprint density at radius 2 is 2.31 bits per heavy atom. The zero-order valence-corrected chi connectivity index (χ0v) is 9.13. The molecular weight excluding hydrogens is 207 g/mol. The van der Waals surface area contributed by atoms with Gasteiger partial charge in [-0.15, -0.1) is 0 Å². The van der Waals surface area contributed by atoms with Crippen LogP contribution < -0.4 is 0 Å². The second kappa shape index (κ2) is 3.06. The summed E-state index contributed by atoms with van der Waals surface area (Å²) in [6.07, 6.45) is 2.47. The molecule has 1 aromatic carbocycles. The lowest BCUT2D eigenvalue weighted by molar-refractivity contribution is -0.149. The summed E-state index contributed by atoms with van der Waals surface area (Å²) in [5.41, 5.74) is 0.844. The third-order valence-electron chi connectivity index (χ3n) is 3.92. The molecule has 0 N–H and O–H groups in total. The topological polar surface area (TPSA) is 26.3 Å². The van der Waals surface area contributed by atoms with Crippen molar-refractivity contribution in [3.8, 4) is 0 Å². The number of carbonyl (C=O) groups excluding carboxylic acids is 1. The third-order valence-corrected chi connectivity index (χ3v) is 3.92. The average Bonchev–Trinajstić information content (AvgIpc) is 2.79. The Bertz CT molecular complexity index is 469. The summed E-state index contributed by atoms with van der Waals surface area (Å²) in [5, 5.41) is 0. The van der Waals surface area contributed by atoms with E-state index in [0.29, 0.717) is 5.56 Å². The fraction of sp³-hybridized carbons (Fsp3) is 0.462. The number of ether oxygens (including phenoxy) is 1. The lowest BCUT2D eigenvalue weighted by Gasteiger charge is -2.25. The van der Waals surface area contributed by atoms with E-state index < -0.39 is 5.41 Å². The van der Waals surface area contributed by atoms with Gasteiger partial charge in [0.2, 0.25) is 0 Å². The molecule has 2 aliphatic rings. The minimum Gasteiger partial charge on any atom is -0.462 e. The van der Waals surface area contributed by atoms with E-state index in [9.17, 15) is 9.18 Å². The highest BCUT2D eigenvalue weighted by molar-refractivity contribution is 5.87. The Balaban J connectivity index is 2.16. The van der Waals surface area contributed by atoms with Crippen molar-refractivity contribution in [1.29, 1.82) is 0 Å². The standard InChI is InChI=1S/C13H13FO2/c1-8-10(3-2-4-11(8)14)13-6-5-9(7-13)16-12(13)15/h2-4,9H,5-7H2,1H3. The lowest BCUT2D eigenvalue weighted by atomic mass is 9.77. The summed E-state index contributed by atoms with van der Waals surface area (Å²) in [6.45, 7) is 1.73. The predicted molar refractivity (Wildman–Crippen MR) is 56.5 cm³/mol. The first-order valence-electron chi connectivity index (χ1n) is 5.60. The van der Waals surface area contributed by atoms with Crippen LogP contribution in [0, 0.1) is 12.7 Å². The molecule has 3 heteroatoms. The summed E-state index contributed by atoms with van der Waals surface area (Å²) in [6, 6.07) is 4.96. The number of carbonyl (C=O) groups is 1. The summed E-state index contributed by atoms with van der Waals surface area (Å²) < 4.78 is 18.8. The van der Waals surface area contributed by atoms with Crippen LogP contribution in [0.25, 0.3) is 0 Å². The molecule has 0 aromatic heterocycles. The first-order valence-corrected chi connectivity index (χ1v) is 5.60. The minimum absolute atomic E-state index is 0.0511. The molecule has 1 heterocycles. The van der Waals surface area contributed by atoms with Gasteiger partial charge in [-0.05, 0) is 37.0 Å². The highest BCUT2D eigenvalue weighted by Crippen LogP contribution is 2.50. The molecule has 1 saturated heterocycles. The molecule has 3 rings (SSSR count). The van der Waals surface area contributed by atoms with Crippen LogP contribution in [0.4, 0.5) is 4.39 Å². The van der Waals surface area contributed by atoms with Crippen molar-refractivity contribution >= 4 is 5.97 Å². The molecule has 1 aliphatic carbocycles. The van der Waals surface area contributed by atoms with E-state index >= 15 is 0 Å². The SMILES string of the molecule is Cc1c(F)cccc1C12CCC(C1)OC2=O. The number of fused-ring (bicyclic) bond motifs is 2. The maximum absolute atomic E-state index is 13.5. The second-order valence-corrected chi connectivity index (χ2v) is 4.76. The van der Waals surface area contributed by atoms with Crippen molar-refractivity contribution in [2.24, 2.45) is 0 Å². The van der Waals surface area contributed by atoms with E-state index in [1.807, 2.05) is 6.07 Å². The van der Waals surface area contributed by atoms with Crippen molar-refractivity contribution in [2.75, 3.05) is 0 Å². The van der Waals surface area contributed by atoms with Crippen LogP contribution in [0.3, 0.4) is 0 Å². The van der Waals surface area contributed by atoms with Crippen molar-refractivity contribution in [3.05, 3.63) is 35.1 Å². The number of hydrogen-bond donors (Lipinski definition) is 0. The zero-order chi connectivity index (χ0) is 11.3. The number of esters is 1. The van der Waals surface area contributed by atoms with Gasteiger partial charge in [0.05, 0.1) is 5.41 Å². The van der Waals surface area contributed by atoms with Gasteiger partial charge in [0.25, 0.3) is 0 Å². The maximum atomic E-state index is 13.5. The first kappa shape index (κ1) is 9.82. The fourth-order valence-corrected chi connectivity index (χ4v) is 3.03. The monoisotopic (exact) mass is 220 g/mol. The molecule has 1 saturated carbocycles. The average molecular weight is 220 g/mol. The van der Waals surface area contributed by atoms with E-state index in [2.05, 4.69) is 0 Å².